The number of halogens is 1. The molecule has 3 nitrogen and oxygen atoms in total. The zero-order chi connectivity index (χ0) is 13.5. The van der Waals surface area contributed by atoms with E-state index in [1.807, 2.05) is 26.0 Å². The molecule has 0 heterocycles. The van der Waals surface area contributed by atoms with Crippen LogP contribution in [-0.4, -0.2) is 21.9 Å². The first-order chi connectivity index (χ1) is 8.52. The van der Waals surface area contributed by atoms with Gasteiger partial charge in [0.05, 0.1) is 4.83 Å². The van der Waals surface area contributed by atoms with Crippen molar-refractivity contribution >= 4 is 21.8 Å². The molecule has 0 aromatic heterocycles. The minimum absolute atomic E-state index is 0.0516. The number of alkyl halides is 1. The summed E-state index contributed by atoms with van der Waals surface area (Å²) < 4.78 is 0. The van der Waals surface area contributed by atoms with Crippen LogP contribution in [0.25, 0.3) is 0 Å². The van der Waals surface area contributed by atoms with Gasteiger partial charge in [0, 0.05) is 6.04 Å². The van der Waals surface area contributed by atoms with Crippen LogP contribution in [0.3, 0.4) is 0 Å². The second-order valence-corrected chi connectivity index (χ2v) is 5.60. The van der Waals surface area contributed by atoms with Crippen molar-refractivity contribution in [3.63, 3.8) is 0 Å². The molecule has 4 heteroatoms. The maximum absolute atomic E-state index is 11.6. The van der Waals surface area contributed by atoms with E-state index in [-0.39, 0.29) is 22.5 Å². The van der Waals surface area contributed by atoms with E-state index in [1.165, 1.54) is 5.56 Å². The van der Waals surface area contributed by atoms with Crippen LogP contribution in [0, 0.1) is 0 Å². The van der Waals surface area contributed by atoms with Gasteiger partial charge in [-0.05, 0) is 43.9 Å². The number of benzene rings is 1. The summed E-state index contributed by atoms with van der Waals surface area (Å²) in [5.74, 6) is 0.334. The summed E-state index contributed by atoms with van der Waals surface area (Å²) in [5.41, 5.74) is 1.17. The lowest BCUT2D eigenvalue weighted by atomic mass is 10.1. The second-order valence-electron chi connectivity index (χ2n) is 4.49. The third-order valence-electron chi connectivity index (χ3n) is 2.83. The van der Waals surface area contributed by atoms with Crippen molar-refractivity contribution in [3.8, 4) is 5.75 Å². The highest BCUT2D eigenvalue weighted by Gasteiger charge is 2.14. The van der Waals surface area contributed by atoms with Crippen LogP contribution < -0.4 is 5.32 Å². The van der Waals surface area contributed by atoms with Gasteiger partial charge in [0.1, 0.15) is 5.75 Å². The Kier molecular flexibility index (Phi) is 6.19. The summed E-state index contributed by atoms with van der Waals surface area (Å²) >= 11 is 3.33. The number of rotatable bonds is 6. The number of hydrogen-bond acceptors (Lipinski definition) is 2. The van der Waals surface area contributed by atoms with E-state index >= 15 is 0 Å². The fourth-order valence-electron chi connectivity index (χ4n) is 1.64. The molecule has 2 unspecified atom stereocenters. The van der Waals surface area contributed by atoms with E-state index in [1.54, 1.807) is 12.1 Å². The number of phenols is 1. The molecule has 0 bridgehead atoms. The highest BCUT2D eigenvalue weighted by Crippen LogP contribution is 2.12. The molecule has 0 spiro atoms. The molecular weight excluding hydrogens is 294 g/mol. The Labute approximate surface area is 117 Å². The van der Waals surface area contributed by atoms with Gasteiger partial charge >= 0.3 is 0 Å². The minimum Gasteiger partial charge on any atom is -0.508 e. The van der Waals surface area contributed by atoms with Crippen LogP contribution in [0.2, 0.25) is 0 Å². The van der Waals surface area contributed by atoms with Crippen molar-refractivity contribution in [3.05, 3.63) is 29.8 Å². The van der Waals surface area contributed by atoms with E-state index in [2.05, 4.69) is 21.2 Å². The standard InChI is InChI=1S/C14H20BrNO2/c1-3-13(15)14(18)16-10(2)4-5-11-6-8-12(17)9-7-11/h6-10,13,17H,3-5H2,1-2H3,(H,16,18). The molecule has 0 aliphatic rings. The lowest BCUT2D eigenvalue weighted by molar-refractivity contribution is -0.121. The molecule has 18 heavy (non-hydrogen) atoms. The normalized spacial score (nSPS) is 13.9. The second kappa shape index (κ2) is 7.41. The number of amides is 1. The minimum atomic E-state index is -0.103. The predicted octanol–water partition coefficient (Wildman–Crippen LogP) is 3.00. The molecule has 0 fully saturated rings. The molecule has 0 saturated carbocycles. The first kappa shape index (κ1) is 15.0. The van der Waals surface area contributed by atoms with Crippen molar-refractivity contribution < 1.29 is 9.90 Å². The van der Waals surface area contributed by atoms with Gasteiger partial charge in [-0.2, -0.15) is 0 Å². The summed E-state index contributed by atoms with van der Waals surface area (Å²) in [6.07, 6.45) is 2.57. The maximum Gasteiger partial charge on any atom is 0.233 e. The Bertz CT molecular complexity index is 378. The summed E-state index contributed by atoms with van der Waals surface area (Å²) in [6.45, 7) is 3.98. The van der Waals surface area contributed by atoms with Crippen molar-refractivity contribution in [1.29, 1.82) is 0 Å². The first-order valence-corrected chi connectivity index (χ1v) is 7.16. The van der Waals surface area contributed by atoms with Gasteiger partial charge in [0.2, 0.25) is 5.91 Å². The van der Waals surface area contributed by atoms with Crippen LogP contribution in [0.1, 0.15) is 32.3 Å². The smallest absolute Gasteiger partial charge is 0.233 e. The number of carbonyl (C=O) groups excluding carboxylic acids is 1. The van der Waals surface area contributed by atoms with Gasteiger partial charge in [0.25, 0.3) is 0 Å². The highest BCUT2D eigenvalue weighted by atomic mass is 79.9. The molecule has 0 radical (unpaired) electrons. The van der Waals surface area contributed by atoms with E-state index in [0.29, 0.717) is 0 Å². The number of aromatic hydroxyl groups is 1. The fourth-order valence-corrected chi connectivity index (χ4v) is 1.77. The Morgan fingerprint density at radius 3 is 2.56 bits per heavy atom. The maximum atomic E-state index is 11.6. The van der Waals surface area contributed by atoms with E-state index in [9.17, 15) is 9.90 Å². The topological polar surface area (TPSA) is 49.3 Å². The SMILES string of the molecule is CCC(Br)C(=O)NC(C)CCc1ccc(O)cc1. The number of hydrogen-bond donors (Lipinski definition) is 2. The number of nitrogens with one attached hydrogen (secondary N) is 1. The number of aryl methyl sites for hydroxylation is 1. The van der Waals surface area contributed by atoms with Crippen molar-refractivity contribution in [2.75, 3.05) is 0 Å². The van der Waals surface area contributed by atoms with Crippen LogP contribution >= 0.6 is 15.9 Å². The van der Waals surface area contributed by atoms with Crippen molar-refractivity contribution in [1.82, 2.24) is 5.32 Å². The van der Waals surface area contributed by atoms with E-state index in [4.69, 9.17) is 0 Å². The molecule has 2 atom stereocenters. The van der Waals surface area contributed by atoms with E-state index in [0.717, 1.165) is 19.3 Å². The summed E-state index contributed by atoms with van der Waals surface area (Å²) in [6, 6.07) is 7.33. The summed E-state index contributed by atoms with van der Waals surface area (Å²) in [7, 11) is 0. The summed E-state index contributed by atoms with van der Waals surface area (Å²) in [5, 5.41) is 12.2. The molecular formula is C14H20BrNO2. The Hall–Kier alpha value is -1.03. The van der Waals surface area contributed by atoms with Gasteiger partial charge in [0.15, 0.2) is 0 Å². The molecule has 1 rings (SSSR count). The van der Waals surface area contributed by atoms with E-state index < -0.39 is 0 Å². The van der Waals surface area contributed by atoms with Gasteiger partial charge < -0.3 is 10.4 Å². The zero-order valence-corrected chi connectivity index (χ0v) is 12.4. The molecule has 0 saturated heterocycles. The molecule has 2 N–H and O–H groups in total. The first-order valence-electron chi connectivity index (χ1n) is 6.25. The van der Waals surface area contributed by atoms with Crippen LogP contribution in [0.5, 0.6) is 5.75 Å². The summed E-state index contributed by atoms with van der Waals surface area (Å²) in [4.78, 5) is 11.5. The van der Waals surface area contributed by atoms with Gasteiger partial charge in [-0.1, -0.05) is 35.0 Å². The Morgan fingerprint density at radius 1 is 1.39 bits per heavy atom. The largest absolute Gasteiger partial charge is 0.508 e. The van der Waals surface area contributed by atoms with Crippen LogP contribution in [-0.2, 0) is 11.2 Å². The third-order valence-corrected chi connectivity index (χ3v) is 3.90. The Balaban J connectivity index is 2.35. The Morgan fingerprint density at radius 2 is 2.00 bits per heavy atom. The molecule has 0 aliphatic carbocycles. The molecule has 1 aromatic rings. The third kappa shape index (κ3) is 5.08. The fraction of sp³-hybridized carbons (Fsp3) is 0.500. The van der Waals surface area contributed by atoms with Gasteiger partial charge in [-0.15, -0.1) is 0 Å². The monoisotopic (exact) mass is 313 g/mol. The quantitative estimate of drug-likeness (QED) is 0.793. The predicted molar refractivity (Wildman–Crippen MR) is 77.0 cm³/mol. The molecule has 100 valence electrons. The van der Waals surface area contributed by atoms with Gasteiger partial charge in [-0.3, -0.25) is 4.79 Å². The highest BCUT2D eigenvalue weighted by molar-refractivity contribution is 9.10. The van der Waals surface area contributed by atoms with Crippen molar-refractivity contribution in [2.45, 2.75) is 44.0 Å². The number of carbonyl (C=O) groups is 1. The van der Waals surface area contributed by atoms with Crippen LogP contribution in [0.4, 0.5) is 0 Å². The number of phenolic OH excluding ortho intramolecular Hbond substituents is 1. The average molecular weight is 314 g/mol. The van der Waals surface area contributed by atoms with Crippen LogP contribution in [0.15, 0.2) is 24.3 Å². The lowest BCUT2D eigenvalue weighted by Crippen LogP contribution is -2.37. The molecule has 0 aliphatic heterocycles. The zero-order valence-electron chi connectivity index (χ0n) is 10.8. The lowest BCUT2D eigenvalue weighted by Gasteiger charge is -2.16. The van der Waals surface area contributed by atoms with Crippen molar-refractivity contribution in [2.24, 2.45) is 0 Å². The average Bonchev–Trinajstić information content (AvgIpc) is 2.37. The molecule has 1 aromatic carbocycles. The molecule has 1 amide bonds. The van der Waals surface area contributed by atoms with Gasteiger partial charge in [-0.25, -0.2) is 0 Å².